The van der Waals surface area contributed by atoms with Crippen LogP contribution in [0.5, 0.6) is 0 Å². The van der Waals surface area contributed by atoms with Gasteiger partial charge in [-0.05, 0) is 36.8 Å². The average molecular weight is 341 g/mol. The van der Waals surface area contributed by atoms with E-state index in [-0.39, 0.29) is 11.0 Å². The number of hydrogen-bond donors (Lipinski definition) is 2. The van der Waals surface area contributed by atoms with Crippen molar-refractivity contribution in [3.05, 3.63) is 23.2 Å². The van der Waals surface area contributed by atoms with Gasteiger partial charge in [-0.25, -0.2) is 0 Å². The van der Waals surface area contributed by atoms with Crippen LogP contribution in [-0.4, -0.2) is 42.1 Å². The Labute approximate surface area is 141 Å². The summed E-state index contributed by atoms with van der Waals surface area (Å²) in [7, 11) is 0. The van der Waals surface area contributed by atoms with Crippen molar-refractivity contribution in [3.8, 4) is 0 Å². The average Bonchev–Trinajstić information content (AvgIpc) is 2.47. The van der Waals surface area contributed by atoms with Crippen LogP contribution in [0.1, 0.15) is 19.8 Å². The van der Waals surface area contributed by atoms with Gasteiger partial charge in [0.2, 0.25) is 5.91 Å². The maximum Gasteiger partial charge on any atom is 0.222 e. The molecule has 0 aromatic heterocycles. The molecule has 5 nitrogen and oxygen atoms in total. The lowest BCUT2D eigenvalue weighted by Crippen LogP contribution is -2.48. The number of nitrogens with zero attached hydrogens (tertiary/aromatic N) is 2. The van der Waals surface area contributed by atoms with E-state index in [1.807, 2.05) is 30.0 Å². The van der Waals surface area contributed by atoms with Gasteiger partial charge < -0.3 is 20.9 Å². The molecule has 7 heteroatoms. The molecule has 120 valence electrons. The topological polar surface area (TPSA) is 61.6 Å². The maximum atomic E-state index is 11.9. The highest BCUT2D eigenvalue weighted by Crippen LogP contribution is 2.29. The number of carbonyl (C=O) groups is 1. The minimum atomic E-state index is 0.215. The highest BCUT2D eigenvalue weighted by molar-refractivity contribution is 7.80. The van der Waals surface area contributed by atoms with Crippen molar-refractivity contribution in [2.45, 2.75) is 19.8 Å². The lowest BCUT2D eigenvalue weighted by atomic mass is 10.2. The Bertz CT molecular complexity index is 558. The van der Waals surface area contributed by atoms with Crippen LogP contribution in [0.15, 0.2) is 18.2 Å². The molecule has 1 aromatic rings. The third-order valence-corrected chi connectivity index (χ3v) is 4.06. The molecular weight excluding hydrogens is 320 g/mol. The Morgan fingerprint density at radius 3 is 2.59 bits per heavy atom. The molecular formula is C15H21ClN4OS. The lowest BCUT2D eigenvalue weighted by Gasteiger charge is -2.36. The monoisotopic (exact) mass is 340 g/mol. The van der Waals surface area contributed by atoms with Crippen molar-refractivity contribution < 1.29 is 4.79 Å². The molecule has 0 radical (unpaired) electrons. The molecule has 0 saturated carbocycles. The van der Waals surface area contributed by atoms with Gasteiger partial charge in [-0.3, -0.25) is 4.79 Å². The van der Waals surface area contributed by atoms with E-state index < -0.39 is 0 Å². The first-order valence-corrected chi connectivity index (χ1v) is 8.18. The quantitative estimate of drug-likeness (QED) is 0.824. The first-order chi connectivity index (χ1) is 10.5. The summed E-state index contributed by atoms with van der Waals surface area (Å²) in [5, 5.41) is 3.73. The molecule has 1 fully saturated rings. The number of nitrogens with one attached hydrogen (secondary N) is 1. The van der Waals surface area contributed by atoms with Crippen LogP contribution in [0, 0.1) is 0 Å². The molecule has 3 N–H and O–H groups in total. The summed E-state index contributed by atoms with van der Waals surface area (Å²) in [5.41, 5.74) is 7.20. The fourth-order valence-corrected chi connectivity index (χ4v) is 2.97. The standard InChI is InChI=1S/C15H21ClN4OS/c1-2-3-14(21)20-8-6-19(7-9-20)13-5-4-11(10-12(13)16)18-15(17)22/h4-5,10H,2-3,6-9H2,1H3,(H3,17,18,22). The van der Waals surface area contributed by atoms with Crippen LogP contribution < -0.4 is 16.0 Å². The first kappa shape index (κ1) is 16.8. The van der Waals surface area contributed by atoms with Crippen LogP contribution in [0.25, 0.3) is 0 Å². The predicted octanol–water partition coefficient (Wildman–Crippen LogP) is 2.44. The Hall–Kier alpha value is -1.53. The molecule has 1 aliphatic rings. The molecule has 0 spiro atoms. The molecule has 0 bridgehead atoms. The van der Waals surface area contributed by atoms with Crippen LogP contribution >= 0.6 is 23.8 Å². The first-order valence-electron chi connectivity index (χ1n) is 7.40. The fourth-order valence-electron chi connectivity index (χ4n) is 2.55. The molecule has 1 saturated heterocycles. The summed E-state index contributed by atoms with van der Waals surface area (Å²) in [6.07, 6.45) is 1.52. The van der Waals surface area contributed by atoms with E-state index in [2.05, 4.69) is 10.2 Å². The number of hydrogen-bond acceptors (Lipinski definition) is 3. The van der Waals surface area contributed by atoms with Gasteiger partial charge in [0.05, 0.1) is 10.7 Å². The van der Waals surface area contributed by atoms with Crippen molar-refractivity contribution in [3.63, 3.8) is 0 Å². The van der Waals surface area contributed by atoms with E-state index in [1.165, 1.54) is 0 Å². The van der Waals surface area contributed by atoms with E-state index in [0.717, 1.165) is 44.0 Å². The highest BCUT2D eigenvalue weighted by Gasteiger charge is 2.21. The van der Waals surface area contributed by atoms with Gasteiger partial charge in [-0.15, -0.1) is 0 Å². The van der Waals surface area contributed by atoms with Crippen LogP contribution in [0.2, 0.25) is 5.02 Å². The minimum absolute atomic E-state index is 0.215. The zero-order chi connectivity index (χ0) is 16.1. The number of thiocarbonyl (C=S) groups is 1. The number of carbonyl (C=O) groups excluding carboxylic acids is 1. The number of rotatable bonds is 4. The Balaban J connectivity index is 1.99. The number of piperazine rings is 1. The van der Waals surface area contributed by atoms with Crippen LogP contribution in [0.3, 0.4) is 0 Å². The second-order valence-corrected chi connectivity index (χ2v) is 6.12. The number of benzene rings is 1. The number of nitrogens with two attached hydrogens (primary N) is 1. The number of halogens is 1. The van der Waals surface area contributed by atoms with Gasteiger partial charge in [0.15, 0.2) is 5.11 Å². The predicted molar refractivity (Wildman–Crippen MR) is 95.6 cm³/mol. The lowest BCUT2D eigenvalue weighted by molar-refractivity contribution is -0.131. The van der Waals surface area contributed by atoms with E-state index in [1.54, 1.807) is 0 Å². The summed E-state index contributed by atoms with van der Waals surface area (Å²) in [6.45, 7) is 5.08. The SMILES string of the molecule is CCCC(=O)N1CCN(c2ccc(NC(N)=S)cc2Cl)CC1. The van der Waals surface area contributed by atoms with Crippen molar-refractivity contribution >= 4 is 46.2 Å². The third-order valence-electron chi connectivity index (χ3n) is 3.65. The Morgan fingerprint density at radius 2 is 2.05 bits per heavy atom. The van der Waals surface area contributed by atoms with E-state index in [0.29, 0.717) is 11.4 Å². The largest absolute Gasteiger partial charge is 0.376 e. The van der Waals surface area contributed by atoms with Crippen molar-refractivity contribution in [1.82, 2.24) is 4.90 Å². The second kappa shape index (κ2) is 7.65. The van der Waals surface area contributed by atoms with Crippen molar-refractivity contribution in [2.75, 3.05) is 36.4 Å². The smallest absolute Gasteiger partial charge is 0.222 e. The molecule has 1 aliphatic heterocycles. The molecule has 0 unspecified atom stereocenters. The molecule has 22 heavy (non-hydrogen) atoms. The zero-order valence-electron chi connectivity index (χ0n) is 12.6. The van der Waals surface area contributed by atoms with Crippen molar-refractivity contribution in [2.24, 2.45) is 5.73 Å². The molecule has 1 amide bonds. The molecule has 1 aromatic carbocycles. The number of amides is 1. The number of anilines is 2. The van der Waals surface area contributed by atoms with Crippen LogP contribution in [-0.2, 0) is 4.79 Å². The van der Waals surface area contributed by atoms with Gasteiger partial charge >= 0.3 is 0 Å². The molecule has 1 heterocycles. The van der Waals surface area contributed by atoms with E-state index in [4.69, 9.17) is 29.6 Å². The summed E-state index contributed by atoms with van der Waals surface area (Å²) in [6, 6.07) is 5.66. The van der Waals surface area contributed by atoms with Gasteiger partial charge in [0.25, 0.3) is 0 Å². The van der Waals surface area contributed by atoms with Gasteiger partial charge in [-0.2, -0.15) is 0 Å². The van der Waals surface area contributed by atoms with E-state index >= 15 is 0 Å². The molecule has 0 atom stereocenters. The highest BCUT2D eigenvalue weighted by atomic mass is 35.5. The molecule has 2 rings (SSSR count). The summed E-state index contributed by atoms with van der Waals surface area (Å²) < 4.78 is 0. The summed E-state index contributed by atoms with van der Waals surface area (Å²) in [4.78, 5) is 16.0. The van der Waals surface area contributed by atoms with Crippen molar-refractivity contribution in [1.29, 1.82) is 0 Å². The third kappa shape index (κ3) is 4.24. The van der Waals surface area contributed by atoms with E-state index in [9.17, 15) is 4.79 Å². The minimum Gasteiger partial charge on any atom is -0.376 e. The van der Waals surface area contributed by atoms with Gasteiger partial charge in [0, 0.05) is 38.3 Å². The van der Waals surface area contributed by atoms with Gasteiger partial charge in [-0.1, -0.05) is 18.5 Å². The molecule has 0 aliphatic carbocycles. The normalized spacial score (nSPS) is 14.8. The second-order valence-electron chi connectivity index (χ2n) is 5.27. The van der Waals surface area contributed by atoms with Gasteiger partial charge in [0.1, 0.15) is 0 Å². The summed E-state index contributed by atoms with van der Waals surface area (Å²) >= 11 is 11.2. The Morgan fingerprint density at radius 1 is 1.36 bits per heavy atom. The maximum absolute atomic E-state index is 11.9. The Kier molecular flexibility index (Phi) is 5.85. The zero-order valence-corrected chi connectivity index (χ0v) is 14.2. The van der Waals surface area contributed by atoms with Crippen LogP contribution in [0.4, 0.5) is 11.4 Å². The summed E-state index contributed by atoms with van der Waals surface area (Å²) in [5.74, 6) is 0.240. The fraction of sp³-hybridized carbons (Fsp3) is 0.467.